The summed E-state index contributed by atoms with van der Waals surface area (Å²) in [6.07, 6.45) is 0.468. The highest BCUT2D eigenvalue weighted by molar-refractivity contribution is 8.13. The van der Waals surface area contributed by atoms with Crippen molar-refractivity contribution in [1.29, 1.82) is 0 Å². The van der Waals surface area contributed by atoms with Crippen molar-refractivity contribution in [2.45, 2.75) is 11.3 Å². The van der Waals surface area contributed by atoms with Crippen LogP contribution in [-0.2, 0) is 15.5 Å². The van der Waals surface area contributed by atoms with Crippen molar-refractivity contribution in [2.24, 2.45) is 0 Å². The lowest BCUT2D eigenvalue weighted by atomic mass is 10.2. The van der Waals surface area contributed by atoms with Gasteiger partial charge in [-0.15, -0.1) is 0 Å². The van der Waals surface area contributed by atoms with Crippen molar-refractivity contribution >= 4 is 19.7 Å². The van der Waals surface area contributed by atoms with E-state index in [0.717, 1.165) is 5.56 Å². The molecule has 0 radical (unpaired) electrons. The van der Waals surface area contributed by atoms with Crippen molar-refractivity contribution < 1.29 is 21.9 Å². The van der Waals surface area contributed by atoms with Gasteiger partial charge in [-0.25, -0.2) is 17.2 Å². The first-order chi connectivity index (χ1) is 9.88. The van der Waals surface area contributed by atoms with E-state index in [1.54, 1.807) is 0 Å². The maximum Gasteiger partial charge on any atom is 0.261 e. The van der Waals surface area contributed by atoms with Gasteiger partial charge in [0.1, 0.15) is 0 Å². The lowest BCUT2D eigenvalue weighted by Gasteiger charge is -2.09. The van der Waals surface area contributed by atoms with Gasteiger partial charge in [0.05, 0.1) is 11.5 Å². The fraction of sp³-hybridized carbons (Fsp3) is 0.143. The summed E-state index contributed by atoms with van der Waals surface area (Å²) in [6.45, 7) is 0.0603. The number of rotatable bonds is 5. The standard InChI is InChI=1S/C14H11ClF2O3S/c15-21(18,19)11-8-12(16)14(13(17)9-11)20-7-6-10-4-2-1-3-5-10/h1-5,8-9H,6-7H2. The zero-order chi connectivity index (χ0) is 15.5. The summed E-state index contributed by atoms with van der Waals surface area (Å²) in [4.78, 5) is -0.644. The molecule has 0 aromatic heterocycles. The molecule has 7 heteroatoms. The SMILES string of the molecule is O=S(=O)(Cl)c1cc(F)c(OCCc2ccccc2)c(F)c1. The van der Waals surface area contributed by atoms with Gasteiger partial charge in [0.15, 0.2) is 17.4 Å². The second-order valence-electron chi connectivity index (χ2n) is 4.24. The second kappa shape index (κ2) is 6.41. The summed E-state index contributed by atoms with van der Waals surface area (Å²) < 4.78 is 54.5. The van der Waals surface area contributed by atoms with Crippen LogP contribution in [0.4, 0.5) is 8.78 Å². The molecule has 2 aromatic carbocycles. The van der Waals surface area contributed by atoms with Crippen LogP contribution in [0.1, 0.15) is 5.56 Å². The molecule has 21 heavy (non-hydrogen) atoms. The van der Waals surface area contributed by atoms with Gasteiger partial charge in [-0.1, -0.05) is 30.3 Å². The number of halogens is 3. The Bertz CT molecular complexity index is 710. The van der Waals surface area contributed by atoms with Crippen molar-refractivity contribution in [3.05, 3.63) is 59.7 Å². The van der Waals surface area contributed by atoms with Gasteiger partial charge in [-0.2, -0.15) is 0 Å². The molecule has 0 heterocycles. The summed E-state index contributed by atoms with van der Waals surface area (Å²) in [5.41, 5.74) is 0.957. The average Bonchev–Trinajstić information content (AvgIpc) is 2.42. The Labute approximate surface area is 125 Å². The fourth-order valence-corrected chi connectivity index (χ4v) is 2.49. The first-order valence-corrected chi connectivity index (χ1v) is 8.29. The average molecular weight is 333 g/mol. The number of hydrogen-bond acceptors (Lipinski definition) is 3. The van der Waals surface area contributed by atoms with E-state index in [9.17, 15) is 17.2 Å². The summed E-state index contributed by atoms with van der Waals surface area (Å²) in [7, 11) is 0.846. The van der Waals surface area contributed by atoms with E-state index in [-0.39, 0.29) is 6.61 Å². The van der Waals surface area contributed by atoms with Gasteiger partial charge < -0.3 is 4.74 Å². The van der Waals surface area contributed by atoms with E-state index in [2.05, 4.69) is 0 Å². The summed E-state index contributed by atoms with van der Waals surface area (Å²) in [5, 5.41) is 0. The van der Waals surface area contributed by atoms with Gasteiger partial charge in [-0.05, 0) is 17.7 Å². The number of hydrogen-bond donors (Lipinski definition) is 0. The van der Waals surface area contributed by atoms with E-state index in [1.807, 2.05) is 30.3 Å². The van der Waals surface area contributed by atoms with Crippen LogP contribution < -0.4 is 4.74 Å². The molecule has 0 spiro atoms. The minimum absolute atomic E-state index is 0.0603. The molecule has 0 saturated heterocycles. The van der Waals surface area contributed by atoms with E-state index in [0.29, 0.717) is 18.6 Å². The highest BCUT2D eigenvalue weighted by Crippen LogP contribution is 2.27. The molecule has 0 aliphatic rings. The number of ether oxygens (including phenoxy) is 1. The first-order valence-electron chi connectivity index (χ1n) is 5.98. The molecule has 2 rings (SSSR count). The minimum atomic E-state index is -4.19. The first kappa shape index (κ1) is 15.7. The molecule has 0 fully saturated rings. The molecule has 0 atom stereocenters. The van der Waals surface area contributed by atoms with E-state index in [4.69, 9.17) is 15.4 Å². The third-order valence-corrected chi connectivity index (χ3v) is 4.07. The predicted octanol–water partition coefficient (Wildman–Crippen LogP) is 3.51. The zero-order valence-corrected chi connectivity index (χ0v) is 12.3. The Morgan fingerprint density at radius 2 is 1.62 bits per heavy atom. The van der Waals surface area contributed by atoms with E-state index >= 15 is 0 Å². The molecule has 0 unspecified atom stereocenters. The Kier molecular flexibility index (Phi) is 4.80. The van der Waals surface area contributed by atoms with E-state index in [1.165, 1.54) is 0 Å². The van der Waals surface area contributed by atoms with Crippen LogP contribution in [0.2, 0.25) is 0 Å². The van der Waals surface area contributed by atoms with Crippen molar-refractivity contribution in [3.63, 3.8) is 0 Å². The van der Waals surface area contributed by atoms with Crippen LogP contribution in [0, 0.1) is 11.6 Å². The van der Waals surface area contributed by atoms with Gasteiger partial charge >= 0.3 is 0 Å². The smallest absolute Gasteiger partial charge is 0.261 e. The van der Waals surface area contributed by atoms with Crippen LogP contribution in [0.3, 0.4) is 0 Å². The van der Waals surface area contributed by atoms with Crippen molar-refractivity contribution in [3.8, 4) is 5.75 Å². The quantitative estimate of drug-likeness (QED) is 0.787. The van der Waals surface area contributed by atoms with Gasteiger partial charge in [0, 0.05) is 17.1 Å². The van der Waals surface area contributed by atoms with E-state index < -0.39 is 31.3 Å². The fourth-order valence-electron chi connectivity index (χ4n) is 1.73. The van der Waals surface area contributed by atoms with Crippen LogP contribution in [0.5, 0.6) is 5.75 Å². The van der Waals surface area contributed by atoms with Crippen LogP contribution in [0.25, 0.3) is 0 Å². The Morgan fingerprint density at radius 1 is 1.05 bits per heavy atom. The molecular weight excluding hydrogens is 322 g/mol. The van der Waals surface area contributed by atoms with Crippen LogP contribution >= 0.6 is 10.7 Å². The van der Waals surface area contributed by atoms with Crippen LogP contribution in [-0.4, -0.2) is 15.0 Å². The highest BCUT2D eigenvalue weighted by atomic mass is 35.7. The second-order valence-corrected chi connectivity index (χ2v) is 6.80. The number of benzene rings is 2. The largest absolute Gasteiger partial charge is 0.487 e. The lowest BCUT2D eigenvalue weighted by molar-refractivity contribution is 0.287. The molecule has 0 amide bonds. The van der Waals surface area contributed by atoms with Crippen LogP contribution in [0.15, 0.2) is 47.4 Å². The molecule has 0 saturated carbocycles. The summed E-state index contributed by atoms with van der Waals surface area (Å²) in [6, 6.07) is 10.5. The third-order valence-electron chi connectivity index (χ3n) is 2.73. The predicted molar refractivity (Wildman–Crippen MR) is 75.0 cm³/mol. The maximum atomic E-state index is 13.7. The zero-order valence-electron chi connectivity index (χ0n) is 10.7. The molecule has 3 nitrogen and oxygen atoms in total. The van der Waals surface area contributed by atoms with Crippen molar-refractivity contribution in [2.75, 3.05) is 6.61 Å². The Balaban J connectivity index is 2.11. The topological polar surface area (TPSA) is 43.4 Å². The van der Waals surface area contributed by atoms with Gasteiger partial charge in [0.25, 0.3) is 9.05 Å². The summed E-state index contributed by atoms with van der Waals surface area (Å²) >= 11 is 0. The third kappa shape index (κ3) is 4.15. The maximum absolute atomic E-state index is 13.7. The van der Waals surface area contributed by atoms with Gasteiger partial charge in [0.2, 0.25) is 0 Å². The molecule has 2 aromatic rings. The van der Waals surface area contributed by atoms with Gasteiger partial charge in [-0.3, -0.25) is 0 Å². The normalized spacial score (nSPS) is 11.4. The van der Waals surface area contributed by atoms with Crippen molar-refractivity contribution in [1.82, 2.24) is 0 Å². The molecule has 112 valence electrons. The molecule has 0 N–H and O–H groups in total. The highest BCUT2D eigenvalue weighted by Gasteiger charge is 2.18. The summed E-state index contributed by atoms with van der Waals surface area (Å²) in [5.74, 6) is -2.83. The molecule has 0 bridgehead atoms. The Morgan fingerprint density at radius 3 is 2.14 bits per heavy atom. The minimum Gasteiger partial charge on any atom is -0.487 e. The molecule has 0 aliphatic heterocycles. The Hall–Kier alpha value is -1.66. The molecular formula is C14H11ClF2O3S. The monoisotopic (exact) mass is 332 g/mol. The molecule has 0 aliphatic carbocycles. The lowest BCUT2D eigenvalue weighted by Crippen LogP contribution is -2.05.